The molecule has 0 aliphatic rings. The molecule has 2 aromatic heterocycles. The smallest absolute Gasteiger partial charge is 0.276 e. The first-order chi connectivity index (χ1) is 12.0. The molecule has 2 N–H and O–H groups in total. The molecule has 0 aliphatic heterocycles. The number of aromatic nitrogens is 2. The number of furan rings is 1. The van der Waals surface area contributed by atoms with Crippen LogP contribution in [0, 0.1) is 17.5 Å². The molecule has 0 unspecified atom stereocenters. The van der Waals surface area contributed by atoms with Gasteiger partial charge < -0.3 is 15.1 Å². The standard InChI is InChI=1S/C16H11F3N4O2/c17-10-3-4-11(15(19)14(10)18)21-16(24)12-5-6-13(23-22-12)20-8-9-2-1-7-25-9/h1-7H,8H2,(H,20,23)(H,21,24). The van der Waals surface area contributed by atoms with Crippen molar-refractivity contribution in [2.45, 2.75) is 6.54 Å². The summed E-state index contributed by atoms with van der Waals surface area (Å²) < 4.78 is 44.7. The lowest BCUT2D eigenvalue weighted by Crippen LogP contribution is -2.16. The highest BCUT2D eigenvalue weighted by molar-refractivity contribution is 6.02. The third-order valence-corrected chi connectivity index (χ3v) is 3.20. The average molecular weight is 348 g/mol. The van der Waals surface area contributed by atoms with Crippen molar-refractivity contribution in [1.82, 2.24) is 10.2 Å². The molecule has 1 aromatic carbocycles. The summed E-state index contributed by atoms with van der Waals surface area (Å²) in [7, 11) is 0. The van der Waals surface area contributed by atoms with Crippen molar-refractivity contribution in [3.63, 3.8) is 0 Å². The zero-order valence-corrected chi connectivity index (χ0v) is 12.6. The summed E-state index contributed by atoms with van der Waals surface area (Å²) in [5.74, 6) is -4.22. The zero-order chi connectivity index (χ0) is 17.8. The van der Waals surface area contributed by atoms with Crippen molar-refractivity contribution in [2.24, 2.45) is 0 Å². The van der Waals surface area contributed by atoms with E-state index < -0.39 is 29.0 Å². The monoisotopic (exact) mass is 348 g/mol. The minimum Gasteiger partial charge on any atom is -0.467 e. The van der Waals surface area contributed by atoms with Crippen molar-refractivity contribution in [1.29, 1.82) is 0 Å². The maximum absolute atomic E-state index is 13.6. The molecule has 0 atom stereocenters. The van der Waals surface area contributed by atoms with Gasteiger partial charge in [0.05, 0.1) is 18.5 Å². The number of halogens is 3. The Hall–Kier alpha value is -3.36. The highest BCUT2D eigenvalue weighted by Crippen LogP contribution is 2.20. The molecular formula is C16H11F3N4O2. The molecule has 0 saturated carbocycles. The van der Waals surface area contributed by atoms with E-state index in [1.54, 1.807) is 12.1 Å². The summed E-state index contributed by atoms with van der Waals surface area (Å²) >= 11 is 0. The van der Waals surface area contributed by atoms with E-state index >= 15 is 0 Å². The molecule has 25 heavy (non-hydrogen) atoms. The molecule has 0 saturated heterocycles. The molecular weight excluding hydrogens is 337 g/mol. The first-order valence-corrected chi connectivity index (χ1v) is 7.09. The van der Waals surface area contributed by atoms with Gasteiger partial charge in [0.25, 0.3) is 5.91 Å². The Kier molecular flexibility index (Phi) is 4.64. The zero-order valence-electron chi connectivity index (χ0n) is 12.6. The van der Waals surface area contributed by atoms with Gasteiger partial charge in [0.15, 0.2) is 23.1 Å². The van der Waals surface area contributed by atoms with Crippen LogP contribution < -0.4 is 10.6 Å². The van der Waals surface area contributed by atoms with E-state index in [0.29, 0.717) is 24.2 Å². The van der Waals surface area contributed by atoms with Crippen LogP contribution >= 0.6 is 0 Å². The van der Waals surface area contributed by atoms with Gasteiger partial charge in [-0.2, -0.15) is 0 Å². The number of hydrogen-bond acceptors (Lipinski definition) is 5. The van der Waals surface area contributed by atoms with Crippen LogP contribution in [0.3, 0.4) is 0 Å². The molecule has 6 nitrogen and oxygen atoms in total. The summed E-state index contributed by atoms with van der Waals surface area (Å²) in [6, 6.07) is 7.99. The molecule has 2 heterocycles. The van der Waals surface area contributed by atoms with Crippen LogP contribution in [0.4, 0.5) is 24.7 Å². The van der Waals surface area contributed by atoms with Crippen LogP contribution in [0.1, 0.15) is 16.2 Å². The van der Waals surface area contributed by atoms with Gasteiger partial charge in [0.1, 0.15) is 11.6 Å². The summed E-state index contributed by atoms with van der Waals surface area (Å²) in [5.41, 5.74) is -0.613. The van der Waals surface area contributed by atoms with Crippen molar-refractivity contribution < 1.29 is 22.4 Å². The largest absolute Gasteiger partial charge is 0.467 e. The molecule has 0 spiro atoms. The van der Waals surface area contributed by atoms with Crippen LogP contribution in [-0.4, -0.2) is 16.1 Å². The third kappa shape index (κ3) is 3.77. The lowest BCUT2D eigenvalue weighted by Gasteiger charge is -2.07. The van der Waals surface area contributed by atoms with Gasteiger partial charge in [-0.05, 0) is 36.4 Å². The maximum Gasteiger partial charge on any atom is 0.276 e. The van der Waals surface area contributed by atoms with E-state index in [1.165, 1.54) is 18.4 Å². The minimum atomic E-state index is -1.67. The Morgan fingerprint density at radius 2 is 1.88 bits per heavy atom. The molecule has 9 heteroatoms. The normalized spacial score (nSPS) is 10.5. The Labute approximate surface area is 139 Å². The van der Waals surface area contributed by atoms with Gasteiger partial charge in [0.2, 0.25) is 0 Å². The third-order valence-electron chi connectivity index (χ3n) is 3.20. The molecule has 128 valence electrons. The lowest BCUT2D eigenvalue weighted by atomic mass is 10.2. The quantitative estimate of drug-likeness (QED) is 0.691. The topological polar surface area (TPSA) is 80.0 Å². The first-order valence-electron chi connectivity index (χ1n) is 7.09. The number of rotatable bonds is 5. The predicted octanol–water partition coefficient (Wildman–Crippen LogP) is 3.35. The van der Waals surface area contributed by atoms with Crippen LogP contribution in [0.15, 0.2) is 47.1 Å². The molecule has 3 aromatic rings. The second kappa shape index (κ2) is 7.04. The fourth-order valence-corrected chi connectivity index (χ4v) is 1.95. The molecule has 0 radical (unpaired) electrons. The van der Waals surface area contributed by atoms with Crippen LogP contribution in [0.2, 0.25) is 0 Å². The number of benzene rings is 1. The van der Waals surface area contributed by atoms with Gasteiger partial charge in [-0.25, -0.2) is 13.2 Å². The summed E-state index contributed by atoms with van der Waals surface area (Å²) in [5, 5.41) is 12.5. The number of anilines is 2. The Balaban J connectivity index is 1.65. The van der Waals surface area contributed by atoms with E-state index in [2.05, 4.69) is 20.8 Å². The van der Waals surface area contributed by atoms with Gasteiger partial charge in [-0.15, -0.1) is 10.2 Å². The van der Waals surface area contributed by atoms with E-state index in [9.17, 15) is 18.0 Å². The number of nitrogens with zero attached hydrogens (tertiary/aromatic N) is 2. The van der Waals surface area contributed by atoms with Gasteiger partial charge in [-0.3, -0.25) is 4.79 Å². The highest BCUT2D eigenvalue weighted by atomic mass is 19.2. The van der Waals surface area contributed by atoms with Gasteiger partial charge in [0, 0.05) is 0 Å². The van der Waals surface area contributed by atoms with Crippen molar-refractivity contribution >= 4 is 17.4 Å². The number of nitrogens with one attached hydrogen (secondary N) is 2. The molecule has 0 fully saturated rings. The number of carbonyl (C=O) groups is 1. The number of carbonyl (C=O) groups excluding carboxylic acids is 1. The second-order valence-electron chi connectivity index (χ2n) is 4.91. The van der Waals surface area contributed by atoms with Crippen molar-refractivity contribution in [3.05, 3.63) is 71.6 Å². The Bertz CT molecular complexity index is 883. The van der Waals surface area contributed by atoms with E-state index in [0.717, 1.165) is 6.07 Å². The molecule has 0 aliphatic carbocycles. The Morgan fingerprint density at radius 3 is 2.56 bits per heavy atom. The fraction of sp³-hybridized carbons (Fsp3) is 0.0625. The second-order valence-corrected chi connectivity index (χ2v) is 4.91. The van der Waals surface area contributed by atoms with E-state index in [-0.39, 0.29) is 5.69 Å². The van der Waals surface area contributed by atoms with Gasteiger partial charge in [-0.1, -0.05) is 0 Å². The SMILES string of the molecule is O=C(Nc1ccc(F)c(F)c1F)c1ccc(NCc2ccco2)nn1. The summed E-state index contributed by atoms with van der Waals surface area (Å²) in [6.45, 7) is 0.382. The Morgan fingerprint density at radius 1 is 1.04 bits per heavy atom. The summed E-state index contributed by atoms with van der Waals surface area (Å²) in [4.78, 5) is 12.0. The first kappa shape index (κ1) is 16.5. The highest BCUT2D eigenvalue weighted by Gasteiger charge is 2.16. The van der Waals surface area contributed by atoms with Crippen molar-refractivity contribution in [2.75, 3.05) is 10.6 Å². The summed E-state index contributed by atoms with van der Waals surface area (Å²) in [6.07, 6.45) is 1.54. The van der Waals surface area contributed by atoms with Crippen LogP contribution in [-0.2, 0) is 6.54 Å². The van der Waals surface area contributed by atoms with Crippen LogP contribution in [0.5, 0.6) is 0 Å². The minimum absolute atomic E-state index is 0.118. The van der Waals surface area contributed by atoms with E-state index in [4.69, 9.17) is 4.42 Å². The van der Waals surface area contributed by atoms with Crippen LogP contribution in [0.25, 0.3) is 0 Å². The van der Waals surface area contributed by atoms with Gasteiger partial charge >= 0.3 is 0 Å². The molecule has 0 bridgehead atoms. The average Bonchev–Trinajstić information content (AvgIpc) is 3.14. The van der Waals surface area contributed by atoms with Crippen molar-refractivity contribution in [3.8, 4) is 0 Å². The number of hydrogen-bond donors (Lipinski definition) is 2. The maximum atomic E-state index is 13.6. The van der Waals surface area contributed by atoms with E-state index in [1.807, 2.05) is 0 Å². The predicted molar refractivity (Wildman–Crippen MR) is 82.3 cm³/mol. The molecule has 1 amide bonds. The number of amides is 1. The molecule has 3 rings (SSSR count). The fourth-order valence-electron chi connectivity index (χ4n) is 1.95. The lowest BCUT2D eigenvalue weighted by molar-refractivity contribution is 0.102.